The van der Waals surface area contributed by atoms with Crippen LogP contribution < -0.4 is 5.73 Å². The van der Waals surface area contributed by atoms with Gasteiger partial charge in [0.2, 0.25) is 5.89 Å². The van der Waals surface area contributed by atoms with Crippen molar-refractivity contribution in [3.8, 4) is 11.5 Å². The minimum Gasteiger partial charge on any atom is -0.465 e. The van der Waals surface area contributed by atoms with E-state index in [1.54, 1.807) is 19.1 Å². The number of hydrogen-bond acceptors (Lipinski definition) is 10. The molecule has 9 nitrogen and oxygen atoms in total. The van der Waals surface area contributed by atoms with Crippen molar-refractivity contribution in [3.05, 3.63) is 57.8 Å². The Bertz CT molecular complexity index is 1100. The molecule has 3 rings (SSSR count). The molecule has 0 saturated carbocycles. The summed E-state index contributed by atoms with van der Waals surface area (Å²) in [6, 6.07) is 9.06. The lowest BCUT2D eigenvalue weighted by Crippen LogP contribution is -2.13. The molecule has 0 spiro atoms. The van der Waals surface area contributed by atoms with Crippen LogP contribution in [-0.2, 0) is 20.8 Å². The van der Waals surface area contributed by atoms with E-state index in [1.807, 2.05) is 18.2 Å². The number of rotatable bonds is 6. The van der Waals surface area contributed by atoms with Gasteiger partial charge in [-0.1, -0.05) is 18.2 Å². The number of benzene rings is 1. The number of aromatic nitrogens is 1. The number of nitrogen functional groups attached to an aromatic ring is 1. The number of nitrogens with zero attached hydrogens (tertiary/aromatic N) is 1. The van der Waals surface area contributed by atoms with E-state index in [1.165, 1.54) is 14.2 Å². The third-order valence-electron chi connectivity index (χ3n) is 4.15. The van der Waals surface area contributed by atoms with Gasteiger partial charge in [-0.25, -0.2) is 19.4 Å². The number of carbonyl (C=O) groups excluding carboxylic acids is 3. The summed E-state index contributed by atoms with van der Waals surface area (Å²) < 4.78 is 20.3. The maximum atomic E-state index is 12.6. The highest BCUT2D eigenvalue weighted by Gasteiger charge is 2.29. The second-order valence-corrected chi connectivity index (χ2v) is 7.05. The highest BCUT2D eigenvalue weighted by atomic mass is 32.1. The molecule has 2 N–H and O–H groups in total. The minimum absolute atomic E-state index is 0.0173. The first-order valence-electron chi connectivity index (χ1n) is 8.65. The molecule has 10 heteroatoms. The lowest BCUT2D eigenvalue weighted by Gasteiger charge is -2.07. The summed E-state index contributed by atoms with van der Waals surface area (Å²) in [5.74, 6) is -1.71. The van der Waals surface area contributed by atoms with Gasteiger partial charge >= 0.3 is 17.9 Å². The number of nitrogens with two attached hydrogens (primary N) is 1. The molecule has 0 fully saturated rings. The fourth-order valence-corrected chi connectivity index (χ4v) is 3.68. The van der Waals surface area contributed by atoms with Crippen molar-refractivity contribution >= 4 is 34.2 Å². The Balaban J connectivity index is 1.87. The maximum Gasteiger partial charge on any atom is 0.360 e. The monoisotopic (exact) mass is 430 g/mol. The molecule has 0 aliphatic carbocycles. The van der Waals surface area contributed by atoms with Crippen LogP contribution in [0.1, 0.15) is 41.8 Å². The summed E-state index contributed by atoms with van der Waals surface area (Å²) in [6.45, 7) is 1.17. The summed E-state index contributed by atoms with van der Waals surface area (Å²) in [4.78, 5) is 41.0. The second kappa shape index (κ2) is 8.78. The molecule has 0 bridgehead atoms. The molecule has 0 aliphatic heterocycles. The Labute approximate surface area is 175 Å². The van der Waals surface area contributed by atoms with Crippen LogP contribution in [-0.4, -0.2) is 37.1 Å². The van der Waals surface area contributed by atoms with E-state index >= 15 is 0 Å². The molecule has 30 heavy (non-hydrogen) atoms. The number of carbonyl (C=O) groups is 3. The number of methoxy groups -OCH3 is 2. The fourth-order valence-electron chi connectivity index (χ4n) is 2.70. The smallest absolute Gasteiger partial charge is 0.360 e. The van der Waals surface area contributed by atoms with Crippen molar-refractivity contribution in [2.75, 3.05) is 20.0 Å². The SMILES string of the molecule is COC(=O)c1sc(N)c(C(=O)OC)c1COC(=O)c1nc(-c2ccccc2)oc1C. The number of thiophene rings is 1. The first-order chi connectivity index (χ1) is 14.4. The number of esters is 3. The standard InChI is InChI=1S/C20H18N2O7S/c1-10-14(22-17(29-10)11-7-5-4-6-8-11)19(24)28-9-12-13(18(23)26-2)16(21)30-15(12)20(25)27-3/h4-8H,9,21H2,1-3H3. The number of oxazole rings is 1. The van der Waals surface area contributed by atoms with E-state index in [4.69, 9.17) is 24.4 Å². The predicted molar refractivity (Wildman–Crippen MR) is 107 cm³/mol. The molecule has 2 heterocycles. The topological polar surface area (TPSA) is 131 Å². The predicted octanol–water partition coefficient (Wildman–Crippen LogP) is 3.22. The third kappa shape index (κ3) is 4.03. The van der Waals surface area contributed by atoms with Crippen LogP contribution in [0, 0.1) is 6.92 Å². The lowest BCUT2D eigenvalue weighted by atomic mass is 10.1. The van der Waals surface area contributed by atoms with Crippen molar-refractivity contribution < 1.29 is 33.0 Å². The van der Waals surface area contributed by atoms with Crippen LogP contribution in [0.3, 0.4) is 0 Å². The van der Waals surface area contributed by atoms with E-state index in [0.29, 0.717) is 5.56 Å². The quantitative estimate of drug-likeness (QED) is 0.462. The van der Waals surface area contributed by atoms with Crippen molar-refractivity contribution in [2.45, 2.75) is 13.5 Å². The van der Waals surface area contributed by atoms with Gasteiger partial charge in [0.25, 0.3) is 0 Å². The average Bonchev–Trinajstić information content (AvgIpc) is 3.31. The molecule has 156 valence electrons. The Morgan fingerprint density at radius 1 is 1.07 bits per heavy atom. The zero-order valence-corrected chi connectivity index (χ0v) is 17.2. The van der Waals surface area contributed by atoms with Crippen molar-refractivity contribution in [3.63, 3.8) is 0 Å². The van der Waals surface area contributed by atoms with Gasteiger partial charge in [-0.3, -0.25) is 0 Å². The molecular weight excluding hydrogens is 412 g/mol. The molecule has 0 saturated heterocycles. The molecular formula is C20H18N2O7S. The molecule has 0 atom stereocenters. The van der Waals surface area contributed by atoms with Gasteiger partial charge in [0.1, 0.15) is 27.8 Å². The minimum atomic E-state index is -0.783. The summed E-state index contributed by atoms with van der Waals surface area (Å²) in [7, 11) is 2.37. The van der Waals surface area contributed by atoms with Crippen LogP contribution >= 0.6 is 11.3 Å². The van der Waals surface area contributed by atoms with Crippen molar-refractivity contribution in [2.24, 2.45) is 0 Å². The van der Waals surface area contributed by atoms with Crippen molar-refractivity contribution in [1.82, 2.24) is 4.98 Å². The van der Waals surface area contributed by atoms with Gasteiger partial charge in [0.05, 0.1) is 14.2 Å². The zero-order chi connectivity index (χ0) is 21.8. The van der Waals surface area contributed by atoms with Crippen LogP contribution in [0.4, 0.5) is 5.00 Å². The fraction of sp³-hybridized carbons (Fsp3) is 0.200. The summed E-state index contributed by atoms with van der Waals surface area (Å²) >= 11 is 0.846. The van der Waals surface area contributed by atoms with Gasteiger partial charge in [0, 0.05) is 11.1 Å². The summed E-state index contributed by atoms with van der Waals surface area (Å²) in [5, 5.41) is 0.0530. The summed E-state index contributed by atoms with van der Waals surface area (Å²) in [5.41, 5.74) is 6.61. The van der Waals surface area contributed by atoms with E-state index in [2.05, 4.69) is 4.98 Å². The lowest BCUT2D eigenvalue weighted by molar-refractivity contribution is 0.0445. The van der Waals surface area contributed by atoms with Gasteiger partial charge in [-0.15, -0.1) is 11.3 Å². The molecule has 2 aromatic heterocycles. The first-order valence-corrected chi connectivity index (χ1v) is 9.46. The zero-order valence-electron chi connectivity index (χ0n) is 16.4. The largest absolute Gasteiger partial charge is 0.465 e. The molecule has 0 radical (unpaired) electrons. The third-order valence-corrected chi connectivity index (χ3v) is 5.19. The molecule has 0 aliphatic rings. The van der Waals surface area contributed by atoms with Gasteiger partial charge in [-0.2, -0.15) is 0 Å². The Hall–Kier alpha value is -3.66. The van der Waals surface area contributed by atoms with E-state index in [-0.39, 0.29) is 38.4 Å². The highest BCUT2D eigenvalue weighted by molar-refractivity contribution is 7.18. The Kier molecular flexibility index (Phi) is 6.17. The highest BCUT2D eigenvalue weighted by Crippen LogP contribution is 2.33. The van der Waals surface area contributed by atoms with Gasteiger partial charge in [0.15, 0.2) is 5.69 Å². The molecule has 3 aromatic rings. The normalized spacial score (nSPS) is 10.5. The van der Waals surface area contributed by atoms with Crippen LogP contribution in [0.2, 0.25) is 0 Å². The van der Waals surface area contributed by atoms with Gasteiger partial charge in [-0.05, 0) is 19.1 Å². The van der Waals surface area contributed by atoms with Crippen molar-refractivity contribution in [1.29, 1.82) is 0 Å². The van der Waals surface area contributed by atoms with E-state index in [0.717, 1.165) is 11.3 Å². The molecule has 1 aromatic carbocycles. The maximum absolute atomic E-state index is 12.6. The summed E-state index contributed by atoms with van der Waals surface area (Å²) in [6.07, 6.45) is 0. The average molecular weight is 430 g/mol. The second-order valence-electron chi connectivity index (χ2n) is 6.00. The molecule has 0 amide bonds. The Morgan fingerprint density at radius 3 is 2.37 bits per heavy atom. The number of anilines is 1. The number of hydrogen-bond donors (Lipinski definition) is 1. The van der Waals surface area contributed by atoms with E-state index in [9.17, 15) is 14.4 Å². The van der Waals surface area contributed by atoms with E-state index < -0.39 is 24.5 Å². The number of ether oxygens (including phenoxy) is 3. The number of aryl methyl sites for hydroxylation is 1. The van der Waals surface area contributed by atoms with Crippen LogP contribution in [0.15, 0.2) is 34.7 Å². The molecule has 0 unspecified atom stereocenters. The van der Waals surface area contributed by atoms with Gasteiger partial charge < -0.3 is 24.4 Å². The van der Waals surface area contributed by atoms with Crippen LogP contribution in [0.25, 0.3) is 11.5 Å². The van der Waals surface area contributed by atoms with Crippen LogP contribution in [0.5, 0.6) is 0 Å². The first kappa shape index (κ1) is 21.1. The Morgan fingerprint density at radius 2 is 1.73 bits per heavy atom.